The number of hydrogen-bond donors (Lipinski definition) is 1. The number of imidazole rings is 1. The van der Waals surface area contributed by atoms with Crippen molar-refractivity contribution in [2.75, 3.05) is 0 Å². The summed E-state index contributed by atoms with van der Waals surface area (Å²) in [4.78, 5) is 35.0. The quantitative estimate of drug-likeness (QED) is 0.140. The fourth-order valence-electron chi connectivity index (χ4n) is 3.80. The fraction of sp³-hybridized carbons (Fsp3) is 0. The molecule has 5 aromatic rings. The predicted molar refractivity (Wildman–Crippen MR) is 145 cm³/mol. The summed E-state index contributed by atoms with van der Waals surface area (Å²) in [7, 11) is 0. The summed E-state index contributed by atoms with van der Waals surface area (Å²) < 4.78 is 0. The molecular weight excluding hydrogens is 464 g/mol. The number of nitrogens with zero attached hydrogens (tertiary/aromatic N) is 1. The highest BCUT2D eigenvalue weighted by atomic mass is 32.2. The van der Waals surface area contributed by atoms with Gasteiger partial charge in [-0.05, 0) is 11.8 Å². The van der Waals surface area contributed by atoms with E-state index in [-0.39, 0.29) is 11.6 Å². The molecule has 5 heteroatoms. The molecule has 0 bridgehead atoms. The van der Waals surface area contributed by atoms with Gasteiger partial charge in [0.05, 0.1) is 16.3 Å². The van der Waals surface area contributed by atoms with Gasteiger partial charge in [-0.2, -0.15) is 0 Å². The largest absolute Gasteiger partial charge is 0.332 e. The fourth-order valence-corrected chi connectivity index (χ4v) is 4.68. The molecule has 0 saturated heterocycles. The van der Waals surface area contributed by atoms with Crippen molar-refractivity contribution in [3.05, 3.63) is 143 Å². The van der Waals surface area contributed by atoms with E-state index < -0.39 is 0 Å². The molecular formula is C31H22N2O2S. The summed E-state index contributed by atoms with van der Waals surface area (Å²) in [6.07, 6.45) is 1.40. The van der Waals surface area contributed by atoms with Crippen LogP contribution >= 0.6 is 11.8 Å². The number of nitrogens with one attached hydrogen (secondary N) is 1. The minimum Gasteiger partial charge on any atom is -0.332 e. The molecule has 0 atom stereocenters. The molecule has 1 heterocycles. The van der Waals surface area contributed by atoms with E-state index in [2.05, 4.69) is 4.98 Å². The maximum absolute atomic E-state index is 13.5. The van der Waals surface area contributed by atoms with E-state index in [1.165, 1.54) is 6.08 Å². The molecule has 0 saturated carbocycles. The Bertz CT molecular complexity index is 1450. The Morgan fingerprint density at radius 3 is 1.72 bits per heavy atom. The number of rotatable bonds is 8. The van der Waals surface area contributed by atoms with Gasteiger partial charge in [-0.15, -0.1) is 0 Å². The Hall–Kier alpha value is -4.48. The van der Waals surface area contributed by atoms with Crippen molar-refractivity contribution >= 4 is 23.3 Å². The van der Waals surface area contributed by atoms with Gasteiger partial charge in [-0.1, -0.05) is 121 Å². The average molecular weight is 487 g/mol. The van der Waals surface area contributed by atoms with Crippen LogP contribution in [0.3, 0.4) is 0 Å². The SMILES string of the molecule is O=C(/C=C(\Sc1nc(-c2ccccc2)c(-c2ccccc2)[nH]1)C(=O)c1ccccc1)c1ccccc1. The van der Waals surface area contributed by atoms with E-state index in [1.807, 2.05) is 84.9 Å². The van der Waals surface area contributed by atoms with Gasteiger partial charge in [0.15, 0.2) is 16.7 Å². The molecule has 0 spiro atoms. The van der Waals surface area contributed by atoms with Gasteiger partial charge in [0.1, 0.15) is 0 Å². The molecule has 174 valence electrons. The van der Waals surface area contributed by atoms with Gasteiger partial charge in [-0.3, -0.25) is 9.59 Å². The summed E-state index contributed by atoms with van der Waals surface area (Å²) in [5.41, 5.74) is 4.60. The van der Waals surface area contributed by atoms with Crippen LogP contribution < -0.4 is 0 Å². The lowest BCUT2D eigenvalue weighted by Gasteiger charge is -2.05. The molecule has 1 aromatic heterocycles. The van der Waals surface area contributed by atoms with Crippen molar-refractivity contribution in [1.29, 1.82) is 0 Å². The Morgan fingerprint density at radius 2 is 1.14 bits per heavy atom. The Kier molecular flexibility index (Phi) is 7.01. The number of ketones is 2. The van der Waals surface area contributed by atoms with Gasteiger partial charge in [0.2, 0.25) is 0 Å². The van der Waals surface area contributed by atoms with Crippen molar-refractivity contribution in [3.8, 4) is 22.5 Å². The zero-order chi connectivity index (χ0) is 24.7. The first-order chi connectivity index (χ1) is 17.7. The number of Topliss-reactive ketones (excluding diaryl/α,β-unsaturated/α-hetero) is 1. The summed E-state index contributed by atoms with van der Waals surface area (Å²) >= 11 is 1.16. The van der Waals surface area contributed by atoms with Crippen LogP contribution in [0.15, 0.2) is 137 Å². The van der Waals surface area contributed by atoms with Crippen molar-refractivity contribution in [2.24, 2.45) is 0 Å². The summed E-state index contributed by atoms with van der Waals surface area (Å²) in [5, 5.41) is 0.532. The standard InChI is InChI=1S/C31H22N2O2S/c34-26(22-13-5-1-6-14-22)21-27(30(35)25-19-11-4-12-20-25)36-31-32-28(23-15-7-2-8-16-23)29(33-31)24-17-9-3-10-18-24/h1-21H,(H,32,33)/b27-21-. The van der Waals surface area contributed by atoms with E-state index in [0.717, 1.165) is 34.3 Å². The lowest BCUT2D eigenvalue weighted by Crippen LogP contribution is -2.04. The highest BCUT2D eigenvalue weighted by Gasteiger charge is 2.20. The van der Waals surface area contributed by atoms with Gasteiger partial charge >= 0.3 is 0 Å². The molecule has 0 fully saturated rings. The molecule has 5 rings (SSSR count). The van der Waals surface area contributed by atoms with Crippen LogP contribution in [0.1, 0.15) is 20.7 Å². The minimum atomic E-state index is -0.236. The predicted octanol–water partition coefficient (Wildman–Crippen LogP) is 7.49. The van der Waals surface area contributed by atoms with E-state index in [0.29, 0.717) is 21.2 Å². The molecule has 0 amide bonds. The second-order valence-electron chi connectivity index (χ2n) is 8.03. The van der Waals surface area contributed by atoms with Crippen molar-refractivity contribution in [3.63, 3.8) is 0 Å². The summed E-state index contributed by atoms with van der Waals surface area (Å²) in [6.45, 7) is 0. The smallest absolute Gasteiger partial charge is 0.199 e. The lowest BCUT2D eigenvalue weighted by molar-refractivity contribution is 0.101. The normalized spacial score (nSPS) is 11.3. The molecule has 0 unspecified atom stereocenters. The number of carbonyl (C=O) groups is 2. The molecule has 36 heavy (non-hydrogen) atoms. The Morgan fingerprint density at radius 1 is 0.639 bits per heavy atom. The topological polar surface area (TPSA) is 62.8 Å². The van der Waals surface area contributed by atoms with Gasteiger partial charge < -0.3 is 4.98 Å². The number of benzene rings is 4. The lowest BCUT2D eigenvalue weighted by atomic mass is 10.1. The van der Waals surface area contributed by atoms with Crippen molar-refractivity contribution < 1.29 is 9.59 Å². The highest BCUT2D eigenvalue weighted by Crippen LogP contribution is 2.35. The third-order valence-electron chi connectivity index (χ3n) is 5.58. The Balaban J connectivity index is 1.57. The minimum absolute atomic E-state index is 0.233. The molecule has 4 aromatic carbocycles. The number of aromatic nitrogens is 2. The molecule has 0 aliphatic rings. The van der Waals surface area contributed by atoms with Crippen molar-refractivity contribution in [2.45, 2.75) is 5.16 Å². The van der Waals surface area contributed by atoms with E-state index in [4.69, 9.17) is 4.98 Å². The first-order valence-electron chi connectivity index (χ1n) is 11.5. The van der Waals surface area contributed by atoms with Crippen LogP contribution in [0.5, 0.6) is 0 Å². The van der Waals surface area contributed by atoms with Crippen molar-refractivity contribution in [1.82, 2.24) is 9.97 Å². The zero-order valence-electron chi connectivity index (χ0n) is 19.3. The van der Waals surface area contributed by atoms with E-state index in [1.54, 1.807) is 36.4 Å². The second-order valence-corrected chi connectivity index (χ2v) is 9.06. The summed E-state index contributed by atoms with van der Waals surface area (Å²) in [6, 6.07) is 37.7. The Labute approximate surface area is 213 Å². The number of aromatic amines is 1. The molecule has 1 N–H and O–H groups in total. The highest BCUT2D eigenvalue weighted by molar-refractivity contribution is 8.03. The van der Waals surface area contributed by atoms with Crippen LogP contribution in [-0.4, -0.2) is 21.5 Å². The average Bonchev–Trinajstić information content (AvgIpc) is 3.38. The summed E-state index contributed by atoms with van der Waals surface area (Å²) in [5.74, 6) is -0.468. The van der Waals surface area contributed by atoms with Gasteiger partial charge in [0, 0.05) is 28.3 Å². The maximum atomic E-state index is 13.5. The van der Waals surface area contributed by atoms with E-state index in [9.17, 15) is 9.59 Å². The second kappa shape index (κ2) is 10.8. The number of hydrogen-bond acceptors (Lipinski definition) is 4. The van der Waals surface area contributed by atoms with E-state index >= 15 is 0 Å². The molecule has 4 nitrogen and oxygen atoms in total. The molecule has 0 aliphatic carbocycles. The van der Waals surface area contributed by atoms with Crippen LogP contribution in [0.25, 0.3) is 22.5 Å². The third-order valence-corrected chi connectivity index (χ3v) is 6.49. The van der Waals surface area contributed by atoms with Crippen LogP contribution in [0, 0.1) is 0 Å². The molecule has 0 radical (unpaired) electrons. The first kappa shape index (κ1) is 23.3. The number of H-pyrrole nitrogens is 1. The third kappa shape index (κ3) is 5.27. The zero-order valence-corrected chi connectivity index (χ0v) is 20.1. The number of allylic oxidation sites excluding steroid dienone is 2. The van der Waals surface area contributed by atoms with Crippen LogP contribution in [0.2, 0.25) is 0 Å². The number of thioether (sulfide) groups is 1. The van der Waals surface area contributed by atoms with Crippen LogP contribution in [0.4, 0.5) is 0 Å². The monoisotopic (exact) mass is 486 g/mol. The molecule has 0 aliphatic heterocycles. The first-order valence-corrected chi connectivity index (χ1v) is 12.3. The van der Waals surface area contributed by atoms with Gasteiger partial charge in [-0.25, -0.2) is 4.98 Å². The van der Waals surface area contributed by atoms with Gasteiger partial charge in [0.25, 0.3) is 0 Å². The maximum Gasteiger partial charge on any atom is 0.199 e. The van der Waals surface area contributed by atoms with Crippen LogP contribution in [-0.2, 0) is 0 Å². The number of carbonyl (C=O) groups excluding carboxylic acids is 2.